The van der Waals surface area contributed by atoms with Gasteiger partial charge in [-0.15, -0.1) is 0 Å². The summed E-state index contributed by atoms with van der Waals surface area (Å²) in [5.41, 5.74) is 2.66. The Balaban J connectivity index is 1.90. The average molecular weight is 373 g/mol. The zero-order chi connectivity index (χ0) is 17.8. The first-order valence-corrected chi connectivity index (χ1v) is 9.04. The number of ether oxygens (including phenoxy) is 1. The molecule has 2 aromatic carbocycles. The summed E-state index contributed by atoms with van der Waals surface area (Å²) in [6.07, 6.45) is 1.78. The fraction of sp³-hybridized carbons (Fsp3) is 0.158. The van der Waals surface area contributed by atoms with Gasteiger partial charge in [0.25, 0.3) is 5.91 Å². The molecule has 1 aliphatic heterocycles. The van der Waals surface area contributed by atoms with E-state index < -0.39 is 0 Å². The van der Waals surface area contributed by atoms with E-state index in [1.54, 1.807) is 24.3 Å². The van der Waals surface area contributed by atoms with Crippen LogP contribution < -0.4 is 10.1 Å². The lowest BCUT2D eigenvalue weighted by Gasteiger charge is -2.07. The third kappa shape index (κ3) is 4.24. The van der Waals surface area contributed by atoms with E-state index in [4.69, 9.17) is 16.3 Å². The monoisotopic (exact) mass is 372 g/mol. The largest absolute Gasteiger partial charge is 0.493 e. The van der Waals surface area contributed by atoms with Crippen LogP contribution in [-0.4, -0.2) is 17.7 Å². The molecule has 1 fully saturated rings. The predicted molar refractivity (Wildman–Crippen MR) is 105 cm³/mol. The van der Waals surface area contributed by atoms with Gasteiger partial charge in [-0.1, -0.05) is 29.8 Å². The minimum Gasteiger partial charge on any atom is -0.493 e. The Morgan fingerprint density at radius 2 is 2.08 bits per heavy atom. The molecular weight excluding hydrogens is 356 g/mol. The van der Waals surface area contributed by atoms with Gasteiger partial charge in [-0.25, -0.2) is 4.99 Å². The number of benzene rings is 2. The molecule has 0 unspecified atom stereocenters. The summed E-state index contributed by atoms with van der Waals surface area (Å²) in [6.45, 7) is 4.44. The summed E-state index contributed by atoms with van der Waals surface area (Å²) in [4.78, 5) is 17.3. The molecule has 6 heteroatoms. The standard InChI is InChI=1S/C19H17ClN2O2S/c1-3-24-16-9-8-14(20)10-13(16)11-17-18(23)22-19(25-17)21-15-7-5-4-6-12(15)2/h4-11H,3H2,1-2H3,(H,21,22,23)/b17-11-. The molecule has 3 rings (SSSR count). The Morgan fingerprint density at radius 1 is 1.28 bits per heavy atom. The van der Waals surface area contributed by atoms with Crippen LogP contribution in [0.25, 0.3) is 6.08 Å². The van der Waals surface area contributed by atoms with Gasteiger partial charge in [-0.05, 0) is 61.5 Å². The van der Waals surface area contributed by atoms with E-state index in [1.165, 1.54) is 11.8 Å². The van der Waals surface area contributed by atoms with Crippen molar-refractivity contribution >= 4 is 46.2 Å². The van der Waals surface area contributed by atoms with Crippen molar-refractivity contribution in [2.45, 2.75) is 13.8 Å². The number of aliphatic imine (C=N–C) groups is 1. The fourth-order valence-corrected chi connectivity index (χ4v) is 3.35. The van der Waals surface area contributed by atoms with Crippen LogP contribution in [0.3, 0.4) is 0 Å². The Labute approximate surface area is 155 Å². The van der Waals surface area contributed by atoms with Crippen molar-refractivity contribution in [3.05, 3.63) is 63.5 Å². The summed E-state index contributed by atoms with van der Waals surface area (Å²) in [7, 11) is 0. The Bertz CT molecular complexity index is 877. The number of nitrogens with zero attached hydrogens (tertiary/aromatic N) is 1. The van der Waals surface area contributed by atoms with Crippen LogP contribution in [0.1, 0.15) is 18.1 Å². The zero-order valence-electron chi connectivity index (χ0n) is 13.9. The molecule has 1 N–H and O–H groups in total. The number of carbonyl (C=O) groups is 1. The molecule has 0 radical (unpaired) electrons. The lowest BCUT2D eigenvalue weighted by Crippen LogP contribution is -2.19. The van der Waals surface area contributed by atoms with Gasteiger partial charge in [0.15, 0.2) is 5.17 Å². The second-order valence-electron chi connectivity index (χ2n) is 5.38. The van der Waals surface area contributed by atoms with E-state index in [0.29, 0.717) is 27.5 Å². The maximum absolute atomic E-state index is 12.3. The highest BCUT2D eigenvalue weighted by Crippen LogP contribution is 2.32. The maximum Gasteiger partial charge on any atom is 0.264 e. The molecule has 2 aromatic rings. The van der Waals surface area contributed by atoms with Gasteiger partial charge in [0.1, 0.15) is 5.75 Å². The quantitative estimate of drug-likeness (QED) is 0.773. The van der Waals surface area contributed by atoms with Gasteiger partial charge < -0.3 is 10.1 Å². The normalized spacial score (nSPS) is 17.2. The highest BCUT2D eigenvalue weighted by atomic mass is 35.5. The maximum atomic E-state index is 12.3. The number of nitrogens with one attached hydrogen (secondary N) is 1. The minimum atomic E-state index is -0.181. The number of halogens is 1. The molecule has 0 aliphatic carbocycles. The van der Waals surface area contributed by atoms with Crippen molar-refractivity contribution in [2.75, 3.05) is 6.61 Å². The van der Waals surface area contributed by atoms with Crippen LogP contribution in [0, 0.1) is 6.92 Å². The second-order valence-corrected chi connectivity index (χ2v) is 6.85. The van der Waals surface area contributed by atoms with Crippen molar-refractivity contribution in [3.8, 4) is 5.75 Å². The number of hydrogen-bond donors (Lipinski definition) is 1. The van der Waals surface area contributed by atoms with E-state index in [0.717, 1.165) is 16.8 Å². The first-order valence-electron chi connectivity index (χ1n) is 7.84. The van der Waals surface area contributed by atoms with Crippen molar-refractivity contribution in [3.63, 3.8) is 0 Å². The molecular formula is C19H17ClN2O2S. The van der Waals surface area contributed by atoms with Crippen LogP contribution in [-0.2, 0) is 4.79 Å². The molecule has 25 heavy (non-hydrogen) atoms. The number of amidine groups is 1. The summed E-state index contributed by atoms with van der Waals surface area (Å²) in [5, 5.41) is 3.95. The van der Waals surface area contributed by atoms with Gasteiger partial charge >= 0.3 is 0 Å². The third-order valence-corrected chi connectivity index (χ3v) is 4.69. The first-order chi connectivity index (χ1) is 12.1. The summed E-state index contributed by atoms with van der Waals surface area (Å²) < 4.78 is 5.60. The minimum absolute atomic E-state index is 0.181. The Hall–Kier alpha value is -2.24. The lowest BCUT2D eigenvalue weighted by molar-refractivity contribution is -0.115. The van der Waals surface area contributed by atoms with E-state index >= 15 is 0 Å². The Kier molecular flexibility index (Phi) is 5.46. The van der Waals surface area contributed by atoms with Gasteiger partial charge in [0, 0.05) is 10.6 Å². The molecule has 128 valence electrons. The molecule has 0 bridgehead atoms. The van der Waals surface area contributed by atoms with E-state index in [2.05, 4.69) is 10.3 Å². The van der Waals surface area contributed by atoms with Crippen LogP contribution in [0.15, 0.2) is 52.4 Å². The van der Waals surface area contributed by atoms with Crippen molar-refractivity contribution in [1.29, 1.82) is 0 Å². The van der Waals surface area contributed by atoms with Gasteiger partial charge in [0.2, 0.25) is 0 Å². The highest BCUT2D eigenvalue weighted by Gasteiger charge is 2.24. The van der Waals surface area contributed by atoms with Crippen LogP contribution in [0.5, 0.6) is 5.75 Å². The zero-order valence-corrected chi connectivity index (χ0v) is 15.4. The molecule has 0 saturated carbocycles. The SMILES string of the molecule is CCOc1ccc(Cl)cc1/C=C1\SC(=Nc2ccccc2C)NC1=O. The molecule has 0 aromatic heterocycles. The smallest absolute Gasteiger partial charge is 0.264 e. The van der Waals surface area contributed by atoms with E-state index in [9.17, 15) is 4.79 Å². The van der Waals surface area contributed by atoms with Gasteiger partial charge in [-0.2, -0.15) is 0 Å². The molecule has 0 spiro atoms. The number of rotatable bonds is 4. The summed E-state index contributed by atoms with van der Waals surface area (Å²) in [6, 6.07) is 13.1. The number of hydrogen-bond acceptors (Lipinski definition) is 4. The lowest BCUT2D eigenvalue weighted by atomic mass is 10.2. The molecule has 1 amide bonds. The van der Waals surface area contributed by atoms with Crippen LogP contribution >= 0.6 is 23.4 Å². The third-order valence-electron chi connectivity index (χ3n) is 3.55. The first kappa shape index (κ1) is 17.6. The molecule has 1 aliphatic rings. The summed E-state index contributed by atoms with van der Waals surface area (Å²) >= 11 is 7.38. The molecule has 1 saturated heterocycles. The van der Waals surface area contributed by atoms with E-state index in [-0.39, 0.29) is 5.91 Å². The number of para-hydroxylation sites is 1. The van der Waals surface area contributed by atoms with Gasteiger partial charge in [0.05, 0.1) is 17.2 Å². The van der Waals surface area contributed by atoms with Crippen LogP contribution in [0.2, 0.25) is 5.02 Å². The Morgan fingerprint density at radius 3 is 2.84 bits per heavy atom. The summed E-state index contributed by atoms with van der Waals surface area (Å²) in [5.74, 6) is 0.511. The number of carbonyl (C=O) groups excluding carboxylic acids is 1. The van der Waals surface area contributed by atoms with E-state index in [1.807, 2.05) is 38.1 Å². The van der Waals surface area contributed by atoms with Gasteiger partial charge in [-0.3, -0.25) is 4.79 Å². The highest BCUT2D eigenvalue weighted by molar-refractivity contribution is 8.18. The molecule has 1 heterocycles. The predicted octanol–water partition coefficient (Wildman–Crippen LogP) is 4.94. The van der Waals surface area contributed by atoms with Crippen molar-refractivity contribution in [2.24, 2.45) is 4.99 Å². The van der Waals surface area contributed by atoms with Crippen molar-refractivity contribution in [1.82, 2.24) is 5.32 Å². The fourth-order valence-electron chi connectivity index (χ4n) is 2.34. The number of amides is 1. The molecule has 0 atom stereocenters. The molecule has 4 nitrogen and oxygen atoms in total. The average Bonchev–Trinajstić information content (AvgIpc) is 2.92. The van der Waals surface area contributed by atoms with Crippen molar-refractivity contribution < 1.29 is 9.53 Å². The topological polar surface area (TPSA) is 50.7 Å². The van der Waals surface area contributed by atoms with Crippen LogP contribution in [0.4, 0.5) is 5.69 Å². The second kappa shape index (κ2) is 7.76. The number of aryl methyl sites for hydroxylation is 1. The number of thioether (sulfide) groups is 1.